The number of benzene rings is 2. The van der Waals surface area contributed by atoms with E-state index in [1.807, 2.05) is 0 Å². The Labute approximate surface area is 268 Å². The van der Waals surface area contributed by atoms with Gasteiger partial charge in [-0.1, -0.05) is 12.1 Å². The Morgan fingerprint density at radius 3 is 2.53 bits per heavy atom. The molecule has 3 heterocycles. The van der Waals surface area contributed by atoms with E-state index < -0.39 is 35.9 Å². The van der Waals surface area contributed by atoms with E-state index in [4.69, 9.17) is 19.9 Å². The Bertz CT molecular complexity index is 1810. The molecule has 15 heteroatoms. The number of aromatic nitrogens is 3. The van der Waals surface area contributed by atoms with Crippen molar-refractivity contribution in [3.63, 3.8) is 0 Å². The van der Waals surface area contributed by atoms with E-state index in [1.165, 1.54) is 28.7 Å². The van der Waals surface area contributed by atoms with Crippen molar-refractivity contribution in [2.45, 2.75) is 51.4 Å². The number of fused-ring (bicyclic) bond motifs is 1. The largest absolute Gasteiger partial charge is 0.554 e. The molecule has 1 atom stereocenters. The van der Waals surface area contributed by atoms with Gasteiger partial charge in [-0.3, -0.25) is 4.90 Å². The molecule has 0 saturated carbocycles. The maximum Gasteiger partial charge on any atom is 0.416 e. The molecular weight excluding hydrogens is 619 g/mol. The van der Waals surface area contributed by atoms with Crippen LogP contribution >= 0.6 is 0 Å². The second-order valence-corrected chi connectivity index (χ2v) is 11.2. The van der Waals surface area contributed by atoms with Crippen molar-refractivity contribution in [2.75, 3.05) is 31.6 Å². The van der Waals surface area contributed by atoms with Gasteiger partial charge in [-0.2, -0.15) is 23.7 Å². The number of rotatable bonds is 8. The number of likely N-dealkylation sites (tertiary alicyclic amines) is 1. The maximum atomic E-state index is 13.7. The predicted molar refractivity (Wildman–Crippen MR) is 159 cm³/mol. The lowest BCUT2D eigenvalue weighted by Gasteiger charge is -2.38. The molecule has 0 aliphatic carbocycles. The number of carboxylic acid groups (broad SMARTS) is 1. The summed E-state index contributed by atoms with van der Waals surface area (Å²) in [6.45, 7) is 4.09. The molecule has 3 aromatic rings. The smallest absolute Gasteiger partial charge is 0.416 e. The highest BCUT2D eigenvalue weighted by Crippen LogP contribution is 2.44. The molecule has 0 bridgehead atoms. The number of allylic oxidation sites excluding steroid dienone is 1. The van der Waals surface area contributed by atoms with Crippen LogP contribution in [-0.2, 0) is 27.0 Å². The van der Waals surface area contributed by atoms with E-state index in [9.17, 15) is 28.0 Å². The number of carbonyl (C=O) groups excluding carboxylic acids is 2. The molecule has 1 fully saturated rings. The predicted octanol–water partition coefficient (Wildman–Crippen LogP) is 3.43. The molecule has 47 heavy (non-hydrogen) atoms. The van der Waals surface area contributed by atoms with Crippen molar-refractivity contribution >= 4 is 24.1 Å². The minimum atomic E-state index is -4.62. The molecule has 246 valence electrons. The van der Waals surface area contributed by atoms with Crippen LogP contribution < -0.4 is 15.7 Å². The molecule has 1 saturated heterocycles. The number of aromatic amines is 1. The minimum Gasteiger partial charge on any atom is -0.554 e. The Kier molecular flexibility index (Phi) is 10.5. The molecule has 0 radical (unpaired) electrons. The molecule has 1 aromatic heterocycles. The number of H-pyrrole nitrogens is 1. The Morgan fingerprint density at radius 2 is 1.91 bits per heavy atom. The number of anilines is 2. The summed E-state index contributed by atoms with van der Waals surface area (Å²) in [5, 5.41) is 33.7. The molecule has 2 aromatic carbocycles. The third-order valence-electron chi connectivity index (χ3n) is 8.49. The van der Waals surface area contributed by atoms with Crippen LogP contribution in [0.1, 0.15) is 60.9 Å². The molecule has 2 aliphatic rings. The van der Waals surface area contributed by atoms with Crippen molar-refractivity contribution in [3.05, 3.63) is 86.5 Å². The van der Waals surface area contributed by atoms with Gasteiger partial charge in [0.25, 0.3) is 0 Å². The fraction of sp³-hybridized carbons (Fsp3) is 0.375. The van der Waals surface area contributed by atoms with Crippen LogP contribution in [0.2, 0.25) is 0 Å². The van der Waals surface area contributed by atoms with Gasteiger partial charge >= 0.3 is 17.8 Å². The molecular formula is C32H32F3N7O5. The highest BCUT2D eigenvalue weighted by molar-refractivity contribution is 5.93. The number of hydrogen-bond donors (Lipinski definition) is 1. The summed E-state index contributed by atoms with van der Waals surface area (Å²) in [7, 11) is 1.20. The third-order valence-corrected chi connectivity index (χ3v) is 8.49. The zero-order valence-electron chi connectivity index (χ0n) is 25.7. The van der Waals surface area contributed by atoms with E-state index in [-0.39, 0.29) is 22.9 Å². The van der Waals surface area contributed by atoms with Crippen LogP contribution in [0.15, 0.2) is 58.5 Å². The van der Waals surface area contributed by atoms with Crippen LogP contribution in [-0.4, -0.2) is 58.4 Å². The summed E-state index contributed by atoms with van der Waals surface area (Å²) < 4.78 is 48.1. The number of unbranched alkanes of at least 4 members (excludes halogenated alkanes) is 1. The van der Waals surface area contributed by atoms with Crippen LogP contribution in [0.3, 0.4) is 0 Å². The number of halogens is 3. The summed E-state index contributed by atoms with van der Waals surface area (Å²) in [6.07, 6.45) is -1.49. The number of nitrogens with one attached hydrogen (secondary N) is 1. The highest BCUT2D eigenvalue weighted by Gasteiger charge is 2.42. The van der Waals surface area contributed by atoms with Gasteiger partial charge in [0.1, 0.15) is 12.6 Å². The SMILES string of the molecule is COC(=O)C1=C(C)N(c2cccc(C(F)(F)F)c2)c2n[nH]c(=O)n2[C@@H]1c1ccc(C#N)cc1C[N+]1(CCCC#N)CCCC1.O=C[O-]. The van der Waals surface area contributed by atoms with Gasteiger partial charge in [0.2, 0.25) is 5.95 Å². The van der Waals surface area contributed by atoms with Crippen molar-refractivity contribution in [3.8, 4) is 12.1 Å². The fourth-order valence-corrected chi connectivity index (χ4v) is 6.48. The number of carbonyl (C=O) groups is 2. The number of alkyl halides is 3. The fourth-order valence-electron chi connectivity index (χ4n) is 6.48. The molecule has 1 N–H and O–H groups in total. The highest BCUT2D eigenvalue weighted by atomic mass is 19.4. The first-order valence-electron chi connectivity index (χ1n) is 14.7. The Balaban J connectivity index is 0.00000160. The van der Waals surface area contributed by atoms with Gasteiger partial charge in [-0.25, -0.2) is 19.3 Å². The van der Waals surface area contributed by atoms with Crippen LogP contribution in [0, 0.1) is 22.7 Å². The van der Waals surface area contributed by atoms with Gasteiger partial charge in [0, 0.05) is 49.1 Å². The third kappa shape index (κ3) is 7.05. The monoisotopic (exact) mass is 651 g/mol. The zero-order valence-corrected chi connectivity index (χ0v) is 25.7. The zero-order chi connectivity index (χ0) is 34.4. The Hall–Kier alpha value is -5.41. The first-order chi connectivity index (χ1) is 22.4. The van der Waals surface area contributed by atoms with E-state index >= 15 is 0 Å². The lowest BCUT2D eigenvalue weighted by atomic mass is 9.89. The van der Waals surface area contributed by atoms with Gasteiger partial charge in [-0.05, 0) is 42.8 Å². The summed E-state index contributed by atoms with van der Waals surface area (Å²) in [4.78, 5) is 36.5. The first kappa shape index (κ1) is 34.5. The summed E-state index contributed by atoms with van der Waals surface area (Å²) in [6, 6.07) is 12.9. The summed E-state index contributed by atoms with van der Waals surface area (Å²) >= 11 is 0. The Morgan fingerprint density at radius 1 is 1.21 bits per heavy atom. The number of hydrogen-bond acceptors (Lipinski definition) is 9. The minimum absolute atomic E-state index is 0.00104. The molecule has 2 aliphatic heterocycles. The van der Waals surface area contributed by atoms with Crippen molar-refractivity contribution in [1.29, 1.82) is 10.5 Å². The number of methoxy groups -OCH3 is 1. The average Bonchev–Trinajstić information content (AvgIpc) is 3.67. The van der Waals surface area contributed by atoms with Gasteiger partial charge in [-0.15, -0.1) is 5.10 Å². The summed E-state index contributed by atoms with van der Waals surface area (Å²) in [5.41, 5.74) is 0.475. The standard InChI is InChI=1S/C31H30F3N7O3.CH2O2/c1-20-26(28(42)44-2)27(40-29(37-38-30(40)43)39(20)24-9-7-8-23(17-24)31(32,33)34)25-11-10-21(18-36)16-22(25)19-41(13-4-3-12-35)14-5-6-15-41;2-1-3/h7-11,16-17,27H,3-6,13-15,19H2,1-2H3;1H,(H,2,3)/t27-;/m1./s1. The number of nitrogens with zero attached hydrogens (tertiary/aromatic N) is 6. The quantitative estimate of drug-likeness (QED) is 0.166. The average molecular weight is 652 g/mol. The van der Waals surface area contributed by atoms with E-state index in [0.29, 0.717) is 35.0 Å². The van der Waals surface area contributed by atoms with Gasteiger partial charge < -0.3 is 19.1 Å². The molecule has 0 amide bonds. The molecule has 5 rings (SSSR count). The van der Waals surface area contributed by atoms with Crippen LogP contribution in [0.5, 0.6) is 0 Å². The molecule has 0 spiro atoms. The van der Waals surface area contributed by atoms with Crippen molar-refractivity contribution in [2.24, 2.45) is 0 Å². The van der Waals surface area contributed by atoms with Crippen molar-refractivity contribution in [1.82, 2.24) is 14.8 Å². The number of esters is 1. The number of quaternary nitrogens is 1. The lowest BCUT2D eigenvalue weighted by molar-refractivity contribution is -0.929. The van der Waals surface area contributed by atoms with Crippen LogP contribution in [0.4, 0.5) is 24.8 Å². The second-order valence-electron chi connectivity index (χ2n) is 11.2. The normalized spacial score (nSPS) is 16.7. The summed E-state index contributed by atoms with van der Waals surface area (Å²) in [5.74, 6) is -0.767. The first-order valence-corrected chi connectivity index (χ1v) is 14.7. The van der Waals surface area contributed by atoms with Gasteiger partial charge in [0.15, 0.2) is 0 Å². The molecule has 12 nitrogen and oxygen atoms in total. The van der Waals surface area contributed by atoms with E-state index in [1.54, 1.807) is 25.1 Å². The van der Waals surface area contributed by atoms with Gasteiger partial charge in [0.05, 0.1) is 55.6 Å². The van der Waals surface area contributed by atoms with E-state index in [2.05, 4.69) is 22.3 Å². The molecule has 0 unspecified atom stereocenters. The van der Waals surface area contributed by atoms with Crippen LogP contribution in [0.25, 0.3) is 0 Å². The van der Waals surface area contributed by atoms with E-state index in [0.717, 1.165) is 50.2 Å². The maximum absolute atomic E-state index is 13.7. The number of nitriles is 2. The second kappa shape index (κ2) is 14.3. The lowest BCUT2D eigenvalue weighted by Crippen LogP contribution is -2.46. The topological polar surface area (TPSA) is 168 Å². The number of ether oxygens (including phenoxy) is 1. The van der Waals surface area contributed by atoms with Crippen molar-refractivity contribution < 1.29 is 37.1 Å².